The number of aromatic nitrogens is 1. The van der Waals surface area contributed by atoms with E-state index < -0.39 is 11.7 Å². The molecule has 2 heterocycles. The highest BCUT2D eigenvalue weighted by Crippen LogP contribution is 2.26. The number of carbonyl (C=O) groups excluding carboxylic acids is 2. The third kappa shape index (κ3) is 9.96. The lowest BCUT2D eigenvalue weighted by molar-refractivity contribution is -0.142. The molecule has 0 radical (unpaired) electrons. The van der Waals surface area contributed by atoms with Crippen LogP contribution in [0.3, 0.4) is 0 Å². The first-order valence-electron chi connectivity index (χ1n) is 12.6. The molecule has 10 nitrogen and oxygen atoms in total. The molecule has 5 N–H and O–H groups in total. The van der Waals surface area contributed by atoms with Gasteiger partial charge in [-0.25, -0.2) is 0 Å². The van der Waals surface area contributed by atoms with Crippen LogP contribution in [0.25, 0.3) is 10.9 Å². The molecule has 1 aromatic carbocycles. The van der Waals surface area contributed by atoms with E-state index in [2.05, 4.69) is 26.4 Å². The molecule has 1 aliphatic rings. The second-order valence-electron chi connectivity index (χ2n) is 8.17. The summed E-state index contributed by atoms with van der Waals surface area (Å²) in [5.41, 5.74) is 12.8. The van der Waals surface area contributed by atoms with Crippen LogP contribution >= 0.6 is 0 Å². The molecule has 1 aliphatic heterocycles. The van der Waals surface area contributed by atoms with E-state index in [0.717, 1.165) is 16.6 Å². The zero-order valence-corrected chi connectivity index (χ0v) is 23.4. The maximum atomic E-state index is 12.7. The molecule has 2 aromatic rings. The van der Waals surface area contributed by atoms with Gasteiger partial charge in [-0.2, -0.15) is 5.10 Å². The van der Waals surface area contributed by atoms with Crippen LogP contribution < -0.4 is 21.7 Å². The summed E-state index contributed by atoms with van der Waals surface area (Å²) >= 11 is 0. The van der Waals surface area contributed by atoms with Gasteiger partial charge in [0.2, 0.25) is 0 Å². The second-order valence-corrected chi connectivity index (χ2v) is 8.17. The number of benzene rings is 1. The normalized spacial score (nSPS) is 14.1. The number of nitrogens with two attached hydrogens (primary N) is 2. The lowest BCUT2D eigenvalue weighted by Gasteiger charge is -2.36. The Kier molecular flexibility index (Phi) is 14.3. The van der Waals surface area contributed by atoms with E-state index in [9.17, 15) is 9.59 Å². The molecule has 0 saturated carbocycles. The molecule has 0 spiro atoms. The molecular weight excluding hydrogens is 480 g/mol. The van der Waals surface area contributed by atoms with Gasteiger partial charge in [0.25, 0.3) is 11.7 Å². The number of amides is 1. The number of para-hydroxylation sites is 1. The number of allylic oxidation sites excluding steroid dienone is 2. The van der Waals surface area contributed by atoms with E-state index in [1.54, 1.807) is 42.1 Å². The summed E-state index contributed by atoms with van der Waals surface area (Å²) in [4.78, 5) is 33.6. The molecule has 38 heavy (non-hydrogen) atoms. The molecule has 206 valence electrons. The lowest BCUT2D eigenvalue weighted by Crippen LogP contribution is -2.51. The van der Waals surface area contributed by atoms with Gasteiger partial charge < -0.3 is 31.6 Å². The minimum Gasteiger partial charge on any atom is -0.403 e. The van der Waals surface area contributed by atoms with Crippen molar-refractivity contribution in [3.63, 3.8) is 0 Å². The van der Waals surface area contributed by atoms with Crippen LogP contribution in [0.4, 0.5) is 5.69 Å². The Balaban J connectivity index is 0.000000696. The SMILES string of the molecule is C/C(N)=N/N(C)C.C/C=C/C(=C\N/C=C/N)C(=O)C(=O)N1CCN(c2ccnc3ccccc23)CC1.CC. The number of hydrazone groups is 1. The minimum absolute atomic E-state index is 0.290. The summed E-state index contributed by atoms with van der Waals surface area (Å²) in [6.45, 7) is 9.83. The first kappa shape index (κ1) is 31.7. The van der Waals surface area contributed by atoms with Gasteiger partial charge in [0, 0.05) is 81.7 Å². The van der Waals surface area contributed by atoms with Crippen molar-refractivity contribution in [2.75, 3.05) is 45.2 Å². The summed E-state index contributed by atoms with van der Waals surface area (Å²) in [5.74, 6) is -0.444. The first-order chi connectivity index (χ1) is 18.3. The van der Waals surface area contributed by atoms with E-state index in [-0.39, 0.29) is 5.57 Å². The summed E-state index contributed by atoms with van der Waals surface area (Å²) in [6.07, 6.45) is 9.41. The molecule has 0 bridgehead atoms. The van der Waals surface area contributed by atoms with Crippen molar-refractivity contribution in [2.45, 2.75) is 27.7 Å². The number of ketones is 1. The van der Waals surface area contributed by atoms with Crippen molar-refractivity contribution in [3.8, 4) is 0 Å². The Morgan fingerprint density at radius 2 is 1.76 bits per heavy atom. The fourth-order valence-electron chi connectivity index (χ4n) is 3.65. The van der Waals surface area contributed by atoms with E-state index in [0.29, 0.717) is 32.0 Å². The standard InChI is InChI=1S/C22H25N5O2.C4H11N3.C2H6/c1-2-5-17(16-24-11-9-23)21(28)22(29)27-14-12-26(13-15-27)20-8-10-25-19-7-4-3-6-18(19)20;1-4(5)6-7(2)3;1-2/h2-11,16,24H,12-15,23H2,1H3;1-3H3,(H2,5,6);1-2H3/b5-2+,11-9+,17-16+;;. The topological polar surface area (TPSA) is 133 Å². The Morgan fingerprint density at radius 1 is 1.11 bits per heavy atom. The molecule has 3 rings (SSSR count). The van der Waals surface area contributed by atoms with Crippen LogP contribution in [0, 0.1) is 0 Å². The van der Waals surface area contributed by atoms with Gasteiger partial charge in [0.1, 0.15) is 5.84 Å². The summed E-state index contributed by atoms with van der Waals surface area (Å²) in [7, 11) is 3.66. The molecule has 1 saturated heterocycles. The Labute approximate surface area is 226 Å². The van der Waals surface area contributed by atoms with E-state index in [4.69, 9.17) is 11.5 Å². The molecule has 1 amide bonds. The van der Waals surface area contributed by atoms with Crippen LogP contribution in [0.1, 0.15) is 27.7 Å². The summed E-state index contributed by atoms with van der Waals surface area (Å²) in [5, 5.41) is 9.33. The largest absolute Gasteiger partial charge is 0.403 e. The Bertz CT molecular complexity index is 1140. The van der Waals surface area contributed by atoms with Gasteiger partial charge in [0.05, 0.1) is 5.52 Å². The third-order valence-electron chi connectivity index (χ3n) is 5.13. The maximum Gasteiger partial charge on any atom is 0.295 e. The molecule has 1 aromatic heterocycles. The van der Waals surface area contributed by atoms with E-state index >= 15 is 0 Å². The number of hydrogen-bond donors (Lipinski definition) is 3. The van der Waals surface area contributed by atoms with Crippen LogP contribution in [0.15, 0.2) is 78.0 Å². The average molecular weight is 523 g/mol. The van der Waals surface area contributed by atoms with Gasteiger partial charge in [0.15, 0.2) is 0 Å². The number of amidine groups is 1. The monoisotopic (exact) mass is 522 g/mol. The molecule has 0 unspecified atom stereocenters. The number of hydrogen-bond acceptors (Lipinski definition) is 8. The summed E-state index contributed by atoms with van der Waals surface area (Å²) in [6, 6.07) is 9.99. The highest BCUT2D eigenvalue weighted by Gasteiger charge is 2.27. The van der Waals surface area contributed by atoms with Crippen molar-refractivity contribution in [3.05, 3.63) is 72.9 Å². The average Bonchev–Trinajstić information content (AvgIpc) is 2.92. The highest BCUT2D eigenvalue weighted by molar-refractivity contribution is 6.43. The second kappa shape index (κ2) is 17.2. The lowest BCUT2D eigenvalue weighted by atomic mass is 10.1. The fourth-order valence-corrected chi connectivity index (χ4v) is 3.65. The van der Waals surface area contributed by atoms with Gasteiger partial charge in [-0.1, -0.05) is 44.2 Å². The zero-order chi connectivity index (χ0) is 28.5. The van der Waals surface area contributed by atoms with Crippen molar-refractivity contribution < 1.29 is 9.59 Å². The van der Waals surface area contributed by atoms with Crippen LogP contribution in [-0.2, 0) is 9.59 Å². The zero-order valence-electron chi connectivity index (χ0n) is 23.4. The number of rotatable bonds is 7. The number of carbonyl (C=O) groups is 2. The number of Topliss-reactive ketones (excluding diaryl/α,β-unsaturated/α-hetero) is 1. The number of fused-ring (bicyclic) bond motifs is 1. The summed E-state index contributed by atoms with van der Waals surface area (Å²) < 4.78 is 0. The molecule has 10 heteroatoms. The third-order valence-corrected chi connectivity index (χ3v) is 5.13. The number of nitrogens with zero attached hydrogens (tertiary/aromatic N) is 5. The van der Waals surface area contributed by atoms with Gasteiger partial charge >= 0.3 is 0 Å². The maximum absolute atomic E-state index is 12.7. The van der Waals surface area contributed by atoms with Gasteiger partial charge in [-0.15, -0.1) is 0 Å². The molecular formula is C28H42N8O2. The molecule has 1 fully saturated rings. The van der Waals surface area contributed by atoms with Crippen molar-refractivity contribution in [1.29, 1.82) is 0 Å². The first-order valence-corrected chi connectivity index (χ1v) is 12.6. The minimum atomic E-state index is -0.538. The van der Waals surface area contributed by atoms with Crippen molar-refractivity contribution in [2.24, 2.45) is 16.6 Å². The van der Waals surface area contributed by atoms with Gasteiger partial charge in [-0.3, -0.25) is 14.6 Å². The number of piperazine rings is 1. The van der Waals surface area contributed by atoms with Crippen LogP contribution in [-0.4, -0.2) is 72.7 Å². The quantitative estimate of drug-likeness (QED) is 0.126. The van der Waals surface area contributed by atoms with E-state index in [1.165, 1.54) is 18.6 Å². The van der Waals surface area contributed by atoms with Crippen LogP contribution in [0.5, 0.6) is 0 Å². The Hall–Kier alpha value is -4.34. The smallest absolute Gasteiger partial charge is 0.295 e. The number of pyridine rings is 1. The molecule has 0 atom stereocenters. The van der Waals surface area contributed by atoms with Gasteiger partial charge in [-0.05, 0) is 26.0 Å². The van der Waals surface area contributed by atoms with Crippen LogP contribution in [0.2, 0.25) is 0 Å². The van der Waals surface area contributed by atoms with E-state index in [1.807, 2.05) is 52.2 Å². The fraction of sp³-hybridized carbons (Fsp3) is 0.357. The number of anilines is 1. The predicted octanol–water partition coefficient (Wildman–Crippen LogP) is 2.80. The number of nitrogens with one attached hydrogen (secondary N) is 1. The molecule has 0 aliphatic carbocycles. The highest BCUT2D eigenvalue weighted by atomic mass is 16.2. The van der Waals surface area contributed by atoms with Crippen molar-refractivity contribution in [1.82, 2.24) is 20.2 Å². The Morgan fingerprint density at radius 3 is 2.32 bits per heavy atom. The van der Waals surface area contributed by atoms with Crippen molar-refractivity contribution >= 4 is 34.1 Å². The predicted molar refractivity (Wildman–Crippen MR) is 157 cm³/mol.